The van der Waals surface area contributed by atoms with Gasteiger partial charge in [-0.15, -0.1) is 0 Å². The van der Waals surface area contributed by atoms with Crippen molar-refractivity contribution < 1.29 is 15.0 Å². The number of aromatic nitrogens is 2. The average Bonchev–Trinajstić information content (AvgIpc) is 2.52. The maximum absolute atomic E-state index is 10.5. The molecule has 6 nitrogen and oxygen atoms in total. The van der Waals surface area contributed by atoms with Crippen molar-refractivity contribution in [1.29, 1.82) is 0 Å². The number of carboxylic acids is 1. The minimum absolute atomic E-state index is 0.0482. The molecule has 0 unspecified atom stereocenters. The van der Waals surface area contributed by atoms with E-state index in [1.165, 1.54) is 10.6 Å². The molecule has 1 heterocycles. The molecule has 84 valence electrons. The monoisotopic (exact) mass is 221 g/mol. The number of hydrogen-bond donors (Lipinski definition) is 3. The van der Waals surface area contributed by atoms with Crippen LogP contribution in [-0.2, 0) is 11.3 Å². The zero-order valence-corrected chi connectivity index (χ0v) is 8.42. The molecule has 0 spiro atoms. The van der Waals surface area contributed by atoms with E-state index in [2.05, 4.69) is 4.98 Å². The highest BCUT2D eigenvalue weighted by molar-refractivity contribution is 5.84. The van der Waals surface area contributed by atoms with Crippen LogP contribution in [-0.4, -0.2) is 25.7 Å². The number of nitrogens with two attached hydrogens (primary N) is 1. The van der Waals surface area contributed by atoms with E-state index in [0.29, 0.717) is 11.0 Å². The summed E-state index contributed by atoms with van der Waals surface area (Å²) in [4.78, 5) is 14.5. The number of imidazole rings is 1. The minimum atomic E-state index is -0.920. The number of aliphatic carboxylic acids is 1. The Morgan fingerprint density at radius 1 is 1.50 bits per heavy atom. The molecule has 0 bridgehead atoms. The van der Waals surface area contributed by atoms with Crippen molar-refractivity contribution >= 4 is 23.0 Å². The number of hydrogen-bond acceptors (Lipinski definition) is 4. The number of nitrogen functional groups attached to an aromatic ring is 1. The predicted molar refractivity (Wildman–Crippen MR) is 58.1 cm³/mol. The molecule has 0 aliphatic rings. The molecule has 1 aromatic carbocycles. The maximum Gasteiger partial charge on any atom is 0.305 e. The van der Waals surface area contributed by atoms with Gasteiger partial charge in [-0.3, -0.25) is 4.79 Å². The molecule has 2 rings (SSSR count). The van der Waals surface area contributed by atoms with Gasteiger partial charge in [0.15, 0.2) is 0 Å². The summed E-state index contributed by atoms with van der Waals surface area (Å²) < 4.78 is 1.50. The van der Waals surface area contributed by atoms with Gasteiger partial charge >= 0.3 is 5.97 Å². The van der Waals surface area contributed by atoms with Crippen LogP contribution in [0.2, 0.25) is 0 Å². The van der Waals surface area contributed by atoms with Crippen molar-refractivity contribution in [3.05, 3.63) is 18.2 Å². The lowest BCUT2D eigenvalue weighted by molar-refractivity contribution is -0.137. The van der Waals surface area contributed by atoms with Crippen molar-refractivity contribution in [2.45, 2.75) is 13.0 Å². The van der Waals surface area contributed by atoms with Crippen LogP contribution in [0, 0.1) is 0 Å². The van der Waals surface area contributed by atoms with Gasteiger partial charge < -0.3 is 20.5 Å². The van der Waals surface area contributed by atoms with Crippen molar-refractivity contribution in [1.82, 2.24) is 9.55 Å². The molecular formula is C10H11N3O3. The normalized spacial score (nSPS) is 10.8. The number of aromatic hydroxyl groups is 1. The van der Waals surface area contributed by atoms with Gasteiger partial charge in [0.1, 0.15) is 11.3 Å². The molecule has 0 saturated heterocycles. The molecule has 0 saturated carbocycles. The van der Waals surface area contributed by atoms with Gasteiger partial charge in [0.2, 0.25) is 5.95 Å². The molecule has 0 fully saturated rings. The topological polar surface area (TPSA) is 101 Å². The smallest absolute Gasteiger partial charge is 0.305 e. The quantitative estimate of drug-likeness (QED) is 0.711. The number of aryl methyl sites for hydroxylation is 1. The number of para-hydroxylation sites is 1. The highest BCUT2D eigenvalue weighted by Gasteiger charge is 2.12. The molecule has 6 heteroatoms. The van der Waals surface area contributed by atoms with Gasteiger partial charge in [-0.25, -0.2) is 4.98 Å². The van der Waals surface area contributed by atoms with E-state index in [0.717, 1.165) is 0 Å². The first-order chi connectivity index (χ1) is 7.59. The van der Waals surface area contributed by atoms with Gasteiger partial charge in [0.05, 0.1) is 11.9 Å². The number of rotatable bonds is 3. The summed E-state index contributed by atoms with van der Waals surface area (Å²) >= 11 is 0. The van der Waals surface area contributed by atoms with Gasteiger partial charge in [0, 0.05) is 6.54 Å². The molecule has 0 atom stereocenters. The third kappa shape index (κ3) is 1.65. The van der Waals surface area contributed by atoms with Gasteiger partial charge in [-0.2, -0.15) is 0 Å². The van der Waals surface area contributed by atoms with E-state index in [4.69, 9.17) is 10.8 Å². The summed E-state index contributed by atoms with van der Waals surface area (Å²) in [5, 5.41) is 18.3. The van der Waals surface area contributed by atoms with Crippen LogP contribution >= 0.6 is 0 Å². The Labute approximate surface area is 90.9 Å². The van der Waals surface area contributed by atoms with Crippen molar-refractivity contribution in [2.75, 3.05) is 5.73 Å². The number of benzene rings is 1. The summed E-state index contributed by atoms with van der Waals surface area (Å²) in [6, 6.07) is 4.88. The number of anilines is 1. The number of carboxylic acid groups (broad SMARTS) is 1. The van der Waals surface area contributed by atoms with Crippen molar-refractivity contribution in [3.63, 3.8) is 0 Å². The molecule has 0 amide bonds. The van der Waals surface area contributed by atoms with Crippen LogP contribution in [0.25, 0.3) is 11.0 Å². The summed E-state index contributed by atoms with van der Waals surface area (Å²) in [5.74, 6) is -0.665. The lowest BCUT2D eigenvalue weighted by atomic mass is 10.3. The van der Waals surface area contributed by atoms with E-state index in [9.17, 15) is 9.90 Å². The highest BCUT2D eigenvalue weighted by atomic mass is 16.4. The van der Waals surface area contributed by atoms with Crippen LogP contribution in [0.4, 0.5) is 5.95 Å². The second kappa shape index (κ2) is 3.73. The fourth-order valence-corrected chi connectivity index (χ4v) is 1.62. The first-order valence-electron chi connectivity index (χ1n) is 4.75. The molecule has 16 heavy (non-hydrogen) atoms. The highest BCUT2D eigenvalue weighted by Crippen LogP contribution is 2.26. The average molecular weight is 221 g/mol. The molecule has 0 aliphatic heterocycles. The Morgan fingerprint density at radius 2 is 2.25 bits per heavy atom. The van der Waals surface area contributed by atoms with Crippen LogP contribution in [0.15, 0.2) is 18.2 Å². The van der Waals surface area contributed by atoms with Crippen LogP contribution in [0.3, 0.4) is 0 Å². The summed E-state index contributed by atoms with van der Waals surface area (Å²) in [6.45, 7) is 0.190. The van der Waals surface area contributed by atoms with Crippen molar-refractivity contribution in [3.8, 4) is 5.75 Å². The molecule has 1 aromatic heterocycles. The van der Waals surface area contributed by atoms with Gasteiger partial charge in [0.25, 0.3) is 0 Å². The predicted octanol–water partition coefficient (Wildman–Crippen LogP) is 0.799. The Bertz CT molecular complexity index is 547. The maximum atomic E-state index is 10.5. The third-order valence-electron chi connectivity index (χ3n) is 2.32. The number of nitrogens with zero attached hydrogens (tertiary/aromatic N) is 2. The standard InChI is InChI=1S/C10H11N3O3/c11-10-12-6-2-1-3-7(14)9(6)13(10)5-4-8(15)16/h1-3,14H,4-5H2,(H2,11,12)(H,15,16). The van der Waals surface area contributed by atoms with E-state index < -0.39 is 5.97 Å². The van der Waals surface area contributed by atoms with Gasteiger partial charge in [-0.1, -0.05) is 6.07 Å². The summed E-state index contributed by atoms with van der Waals surface area (Å²) in [7, 11) is 0. The summed E-state index contributed by atoms with van der Waals surface area (Å²) in [5.41, 5.74) is 6.69. The zero-order valence-electron chi connectivity index (χ0n) is 8.42. The Balaban J connectivity index is 2.50. The van der Waals surface area contributed by atoms with E-state index in [1.807, 2.05) is 0 Å². The Kier molecular flexibility index (Phi) is 2.40. The Morgan fingerprint density at radius 3 is 2.94 bits per heavy atom. The van der Waals surface area contributed by atoms with Gasteiger partial charge in [-0.05, 0) is 12.1 Å². The lowest BCUT2D eigenvalue weighted by Gasteiger charge is -2.04. The zero-order chi connectivity index (χ0) is 11.7. The molecule has 0 radical (unpaired) electrons. The first-order valence-corrected chi connectivity index (χ1v) is 4.75. The molecule has 4 N–H and O–H groups in total. The Hall–Kier alpha value is -2.24. The number of phenolic OH excluding ortho intramolecular Hbond substituents is 1. The fourth-order valence-electron chi connectivity index (χ4n) is 1.62. The SMILES string of the molecule is Nc1nc2cccc(O)c2n1CCC(=O)O. The second-order valence-electron chi connectivity index (χ2n) is 3.41. The summed E-state index contributed by atoms with van der Waals surface area (Å²) in [6.07, 6.45) is -0.0655. The van der Waals surface area contributed by atoms with E-state index in [-0.39, 0.29) is 24.7 Å². The fraction of sp³-hybridized carbons (Fsp3) is 0.200. The van der Waals surface area contributed by atoms with E-state index in [1.54, 1.807) is 12.1 Å². The van der Waals surface area contributed by atoms with Crippen LogP contribution < -0.4 is 5.73 Å². The number of fused-ring (bicyclic) bond motifs is 1. The third-order valence-corrected chi connectivity index (χ3v) is 2.32. The molecule has 2 aromatic rings. The minimum Gasteiger partial charge on any atom is -0.506 e. The lowest BCUT2D eigenvalue weighted by Crippen LogP contribution is -2.07. The largest absolute Gasteiger partial charge is 0.506 e. The van der Waals surface area contributed by atoms with E-state index >= 15 is 0 Å². The number of phenols is 1. The molecule has 0 aliphatic carbocycles. The van der Waals surface area contributed by atoms with Crippen molar-refractivity contribution in [2.24, 2.45) is 0 Å². The molecular weight excluding hydrogens is 210 g/mol. The second-order valence-corrected chi connectivity index (χ2v) is 3.41. The van der Waals surface area contributed by atoms with Crippen LogP contribution in [0.5, 0.6) is 5.75 Å². The van der Waals surface area contributed by atoms with Crippen LogP contribution in [0.1, 0.15) is 6.42 Å². The number of carbonyl (C=O) groups is 1. The first kappa shape index (κ1) is 10.3.